The number of aliphatic carboxylic acids is 1. The second-order valence-electron chi connectivity index (χ2n) is 6.44. The number of amides is 1. The topological polar surface area (TPSA) is 66.8 Å². The molecule has 1 aromatic rings. The fourth-order valence-electron chi connectivity index (χ4n) is 3.01. The summed E-state index contributed by atoms with van der Waals surface area (Å²) in [6.07, 6.45) is 1.68. The molecule has 1 aliphatic rings. The lowest BCUT2D eigenvalue weighted by Crippen LogP contribution is -2.45. The second kappa shape index (κ2) is 7.99. The third kappa shape index (κ3) is 5.27. The van der Waals surface area contributed by atoms with Crippen LogP contribution in [-0.4, -0.2) is 41.6 Å². The Morgan fingerprint density at radius 1 is 1.35 bits per heavy atom. The molecular weight excluding hydrogens is 294 g/mol. The van der Waals surface area contributed by atoms with Gasteiger partial charge in [0.15, 0.2) is 0 Å². The van der Waals surface area contributed by atoms with E-state index in [1.807, 2.05) is 38.1 Å². The smallest absolute Gasteiger partial charge is 0.308 e. The van der Waals surface area contributed by atoms with E-state index in [4.69, 9.17) is 9.84 Å². The van der Waals surface area contributed by atoms with E-state index in [2.05, 4.69) is 0 Å². The summed E-state index contributed by atoms with van der Waals surface area (Å²) in [5, 5.41) is 9.16. The minimum absolute atomic E-state index is 0.0237. The average Bonchev–Trinajstić information content (AvgIpc) is 2.50. The van der Waals surface area contributed by atoms with Crippen LogP contribution in [0.1, 0.15) is 31.7 Å². The lowest BCUT2D eigenvalue weighted by molar-refractivity contribution is -0.147. The number of hydrogen-bond acceptors (Lipinski definition) is 3. The predicted molar refractivity (Wildman–Crippen MR) is 87.4 cm³/mol. The molecule has 0 spiro atoms. The number of nitrogens with zero attached hydrogens (tertiary/aromatic N) is 1. The van der Waals surface area contributed by atoms with Gasteiger partial charge in [-0.15, -0.1) is 0 Å². The molecule has 1 amide bonds. The molecular formula is C18H25NO4. The highest BCUT2D eigenvalue weighted by molar-refractivity contribution is 5.78. The highest BCUT2D eigenvalue weighted by atomic mass is 16.5. The Balaban J connectivity index is 1.75. The zero-order chi connectivity index (χ0) is 16.8. The van der Waals surface area contributed by atoms with E-state index >= 15 is 0 Å². The molecule has 1 aromatic carbocycles. The van der Waals surface area contributed by atoms with Gasteiger partial charge >= 0.3 is 5.97 Å². The van der Waals surface area contributed by atoms with Gasteiger partial charge in [0, 0.05) is 19.5 Å². The van der Waals surface area contributed by atoms with Crippen LogP contribution in [0.15, 0.2) is 24.3 Å². The predicted octanol–water partition coefficient (Wildman–Crippen LogP) is 2.72. The molecule has 2 atom stereocenters. The first-order valence-electron chi connectivity index (χ1n) is 8.15. The third-order valence-electron chi connectivity index (χ3n) is 4.15. The van der Waals surface area contributed by atoms with Crippen LogP contribution >= 0.6 is 0 Å². The van der Waals surface area contributed by atoms with Crippen LogP contribution in [0.3, 0.4) is 0 Å². The van der Waals surface area contributed by atoms with Gasteiger partial charge in [-0.1, -0.05) is 19.1 Å². The summed E-state index contributed by atoms with van der Waals surface area (Å²) in [5.41, 5.74) is 1.14. The van der Waals surface area contributed by atoms with Gasteiger partial charge in [0.1, 0.15) is 5.75 Å². The number of carbonyl (C=O) groups is 2. The van der Waals surface area contributed by atoms with E-state index in [1.54, 1.807) is 4.90 Å². The number of hydrogen-bond donors (Lipinski definition) is 1. The monoisotopic (exact) mass is 319 g/mol. The molecule has 2 unspecified atom stereocenters. The molecule has 126 valence electrons. The highest BCUT2D eigenvalue weighted by Crippen LogP contribution is 2.22. The molecule has 1 aliphatic heterocycles. The first kappa shape index (κ1) is 17.3. The van der Waals surface area contributed by atoms with Crippen LogP contribution in [0.5, 0.6) is 5.75 Å². The molecule has 0 bridgehead atoms. The van der Waals surface area contributed by atoms with Crippen LogP contribution in [0, 0.1) is 18.8 Å². The Kier molecular flexibility index (Phi) is 6.02. The number of rotatable bonds is 6. The molecule has 0 radical (unpaired) electrons. The van der Waals surface area contributed by atoms with Gasteiger partial charge < -0.3 is 14.7 Å². The molecule has 1 saturated heterocycles. The molecule has 0 aliphatic carbocycles. The van der Waals surface area contributed by atoms with E-state index in [0.717, 1.165) is 11.3 Å². The molecule has 1 N–H and O–H groups in total. The van der Waals surface area contributed by atoms with Gasteiger partial charge in [-0.3, -0.25) is 9.59 Å². The van der Waals surface area contributed by atoms with Crippen molar-refractivity contribution in [2.75, 3.05) is 19.7 Å². The minimum atomic E-state index is -0.808. The van der Waals surface area contributed by atoms with Gasteiger partial charge in [0.25, 0.3) is 0 Å². The quantitative estimate of drug-likeness (QED) is 0.819. The van der Waals surface area contributed by atoms with E-state index in [-0.39, 0.29) is 11.8 Å². The van der Waals surface area contributed by atoms with E-state index in [9.17, 15) is 9.59 Å². The SMILES string of the molecule is Cc1cccc(OCCCC(=O)N2CC(C)CC(C(=O)O)C2)c1. The van der Waals surface area contributed by atoms with Crippen molar-refractivity contribution in [3.8, 4) is 5.75 Å². The van der Waals surface area contributed by atoms with Gasteiger partial charge in [0.05, 0.1) is 12.5 Å². The number of aryl methyl sites for hydroxylation is 1. The molecule has 0 aromatic heterocycles. The van der Waals surface area contributed by atoms with Crippen molar-refractivity contribution >= 4 is 11.9 Å². The Bertz CT molecular complexity index is 558. The molecule has 23 heavy (non-hydrogen) atoms. The normalized spacial score (nSPS) is 21.0. The zero-order valence-corrected chi connectivity index (χ0v) is 13.8. The first-order chi connectivity index (χ1) is 11.0. The average molecular weight is 319 g/mol. The van der Waals surface area contributed by atoms with Gasteiger partial charge in [-0.25, -0.2) is 0 Å². The summed E-state index contributed by atoms with van der Waals surface area (Å²) in [5.74, 6) is -0.175. The number of likely N-dealkylation sites (tertiary alicyclic amines) is 1. The molecule has 2 rings (SSSR count). The zero-order valence-electron chi connectivity index (χ0n) is 13.8. The largest absolute Gasteiger partial charge is 0.494 e. The standard InChI is InChI=1S/C18H25NO4/c1-13-5-3-6-16(10-13)23-8-4-7-17(20)19-11-14(2)9-15(12-19)18(21)22/h3,5-6,10,14-15H,4,7-9,11-12H2,1-2H3,(H,21,22). The number of piperidine rings is 1. The van der Waals surface area contributed by atoms with E-state index in [1.165, 1.54) is 0 Å². The Morgan fingerprint density at radius 2 is 2.13 bits per heavy atom. The maximum atomic E-state index is 12.3. The third-order valence-corrected chi connectivity index (χ3v) is 4.15. The summed E-state index contributed by atoms with van der Waals surface area (Å²) in [6, 6.07) is 7.81. The van der Waals surface area contributed by atoms with Crippen molar-refractivity contribution in [1.29, 1.82) is 0 Å². The lowest BCUT2D eigenvalue weighted by Gasteiger charge is -2.34. The molecule has 1 heterocycles. The number of carboxylic acids is 1. The number of ether oxygens (including phenoxy) is 1. The van der Waals surface area contributed by atoms with Crippen molar-refractivity contribution < 1.29 is 19.4 Å². The molecule has 5 heteroatoms. The van der Waals surface area contributed by atoms with Crippen molar-refractivity contribution in [1.82, 2.24) is 4.90 Å². The van der Waals surface area contributed by atoms with Crippen LogP contribution < -0.4 is 4.74 Å². The maximum Gasteiger partial charge on any atom is 0.308 e. The molecule has 1 fully saturated rings. The maximum absolute atomic E-state index is 12.3. The second-order valence-corrected chi connectivity index (χ2v) is 6.44. The summed E-state index contributed by atoms with van der Waals surface area (Å²) in [7, 11) is 0. The van der Waals surface area contributed by atoms with Crippen LogP contribution in [-0.2, 0) is 9.59 Å². The van der Waals surface area contributed by atoms with Crippen LogP contribution in [0.2, 0.25) is 0 Å². The Morgan fingerprint density at radius 3 is 2.83 bits per heavy atom. The first-order valence-corrected chi connectivity index (χ1v) is 8.15. The molecule has 0 saturated carbocycles. The van der Waals surface area contributed by atoms with Gasteiger partial charge in [-0.05, 0) is 43.4 Å². The Labute approximate surface area is 137 Å². The fraction of sp³-hybridized carbons (Fsp3) is 0.556. The van der Waals surface area contributed by atoms with Crippen molar-refractivity contribution in [3.05, 3.63) is 29.8 Å². The van der Waals surface area contributed by atoms with Crippen molar-refractivity contribution in [2.45, 2.75) is 33.1 Å². The van der Waals surface area contributed by atoms with Gasteiger partial charge in [0.2, 0.25) is 5.91 Å². The Hall–Kier alpha value is -2.04. The number of benzene rings is 1. The molecule has 5 nitrogen and oxygen atoms in total. The number of carboxylic acid groups (broad SMARTS) is 1. The lowest BCUT2D eigenvalue weighted by atomic mass is 9.90. The minimum Gasteiger partial charge on any atom is -0.494 e. The van der Waals surface area contributed by atoms with E-state index < -0.39 is 11.9 Å². The summed E-state index contributed by atoms with van der Waals surface area (Å²) in [4.78, 5) is 25.1. The van der Waals surface area contributed by atoms with E-state index in [0.29, 0.717) is 39.0 Å². The fourth-order valence-corrected chi connectivity index (χ4v) is 3.01. The summed E-state index contributed by atoms with van der Waals surface area (Å²) in [6.45, 7) is 5.47. The summed E-state index contributed by atoms with van der Waals surface area (Å²) < 4.78 is 5.64. The highest BCUT2D eigenvalue weighted by Gasteiger charge is 2.31. The van der Waals surface area contributed by atoms with Crippen LogP contribution in [0.4, 0.5) is 0 Å². The van der Waals surface area contributed by atoms with Crippen molar-refractivity contribution in [3.63, 3.8) is 0 Å². The number of carbonyl (C=O) groups excluding carboxylic acids is 1. The van der Waals surface area contributed by atoms with Gasteiger partial charge in [-0.2, -0.15) is 0 Å². The van der Waals surface area contributed by atoms with Crippen molar-refractivity contribution in [2.24, 2.45) is 11.8 Å². The van der Waals surface area contributed by atoms with Crippen LogP contribution in [0.25, 0.3) is 0 Å². The summed E-state index contributed by atoms with van der Waals surface area (Å²) >= 11 is 0.